The number of aromatic nitrogens is 2. The van der Waals surface area contributed by atoms with Gasteiger partial charge in [0.1, 0.15) is 24.6 Å². The zero-order valence-corrected chi connectivity index (χ0v) is 24.7. The molecule has 0 radical (unpaired) electrons. The first-order valence-corrected chi connectivity index (χ1v) is 14.9. The Balaban J connectivity index is 1.25. The topological polar surface area (TPSA) is 96.7 Å². The molecule has 0 saturated heterocycles. The number of hydrogen-bond donors (Lipinski definition) is 0. The van der Waals surface area contributed by atoms with E-state index in [0.29, 0.717) is 17.0 Å². The van der Waals surface area contributed by atoms with E-state index in [1.54, 1.807) is 29.1 Å². The van der Waals surface area contributed by atoms with Gasteiger partial charge in [0.05, 0.1) is 22.3 Å². The molecule has 216 valence electrons. The van der Waals surface area contributed by atoms with Crippen LogP contribution < -0.4 is 4.74 Å². The molecule has 0 aliphatic heterocycles. The lowest BCUT2D eigenvalue weighted by Crippen LogP contribution is -2.27. The molecule has 0 aliphatic carbocycles. The predicted molar refractivity (Wildman–Crippen MR) is 162 cm³/mol. The molecule has 0 amide bonds. The number of nitrogens with zero attached hydrogens (tertiary/aromatic N) is 2. The number of carbonyl (C=O) groups excluding carboxylic acids is 1. The summed E-state index contributed by atoms with van der Waals surface area (Å²) < 4.78 is 42.7. The van der Waals surface area contributed by atoms with E-state index in [0.717, 1.165) is 27.6 Å². The van der Waals surface area contributed by atoms with E-state index in [-0.39, 0.29) is 18.1 Å². The highest BCUT2D eigenvalue weighted by molar-refractivity contribution is 7.86. The number of fused-ring (bicyclic) bond motifs is 1. The molecule has 0 N–H and O–H groups in total. The van der Waals surface area contributed by atoms with Gasteiger partial charge in [-0.3, -0.25) is 9.17 Å². The number of benzene rings is 3. The molecule has 3 aromatic carbocycles. The summed E-state index contributed by atoms with van der Waals surface area (Å²) in [6.07, 6.45) is 2.90. The highest BCUT2D eigenvalue weighted by Gasteiger charge is 2.23. The van der Waals surface area contributed by atoms with Crippen molar-refractivity contribution in [2.45, 2.75) is 38.2 Å². The first-order chi connectivity index (χ1) is 20.0. The lowest BCUT2D eigenvalue weighted by molar-refractivity contribution is 0.0547. The minimum atomic E-state index is -3.83. The smallest absolute Gasteiger partial charge is 0.419 e. The molecule has 42 heavy (non-hydrogen) atoms. The number of hydrogen-bond acceptors (Lipinski definition) is 7. The summed E-state index contributed by atoms with van der Waals surface area (Å²) >= 11 is 0. The highest BCUT2D eigenvalue weighted by Crippen LogP contribution is 2.31. The molecule has 5 aromatic rings. The third-order valence-corrected chi connectivity index (χ3v) is 7.78. The van der Waals surface area contributed by atoms with E-state index in [4.69, 9.17) is 13.7 Å². The van der Waals surface area contributed by atoms with E-state index < -0.39 is 21.8 Å². The maximum absolute atomic E-state index is 13.1. The Morgan fingerprint density at radius 3 is 2.10 bits per heavy atom. The Morgan fingerprint density at radius 1 is 0.833 bits per heavy atom. The molecule has 5 rings (SSSR count). The zero-order chi connectivity index (χ0) is 29.9. The fourth-order valence-electron chi connectivity index (χ4n) is 4.42. The van der Waals surface area contributed by atoms with Gasteiger partial charge in [0.15, 0.2) is 0 Å². The van der Waals surface area contributed by atoms with Crippen LogP contribution in [0.5, 0.6) is 5.75 Å². The first-order valence-electron chi connectivity index (χ1n) is 13.5. The van der Waals surface area contributed by atoms with Crippen molar-refractivity contribution in [3.05, 3.63) is 103 Å². The van der Waals surface area contributed by atoms with E-state index >= 15 is 0 Å². The van der Waals surface area contributed by atoms with Crippen LogP contribution in [0, 0.1) is 6.92 Å². The fourth-order valence-corrected chi connectivity index (χ4v) is 5.31. The molecule has 2 heterocycles. The first kappa shape index (κ1) is 29.0. The van der Waals surface area contributed by atoms with Crippen LogP contribution in [0.3, 0.4) is 0 Å². The number of ether oxygens (including phenoxy) is 2. The van der Waals surface area contributed by atoms with E-state index in [9.17, 15) is 13.2 Å². The van der Waals surface area contributed by atoms with Gasteiger partial charge in [-0.05, 0) is 80.8 Å². The number of rotatable bonds is 8. The lowest BCUT2D eigenvalue weighted by atomic mass is 10.0. The van der Waals surface area contributed by atoms with Gasteiger partial charge in [-0.15, -0.1) is 0 Å². The van der Waals surface area contributed by atoms with Crippen LogP contribution in [0.1, 0.15) is 26.3 Å². The quantitative estimate of drug-likeness (QED) is 0.140. The standard InChI is InChI=1S/C33H32N2O6S/c1-23-5-15-29(16-6-23)42(37,38)40-20-19-39-28-13-11-25(12-14-28)24-7-9-26(10-8-24)30-21-27-17-18-34-22-31(27)35(30)32(36)41-33(2,3)4/h5-18,21-22H,19-20H2,1-4H3. The van der Waals surface area contributed by atoms with E-state index in [1.165, 1.54) is 12.1 Å². The molecule has 9 heteroatoms. The number of carbonyl (C=O) groups is 1. The molecule has 0 aliphatic rings. The Morgan fingerprint density at radius 2 is 1.45 bits per heavy atom. The van der Waals surface area contributed by atoms with Gasteiger partial charge in [-0.1, -0.05) is 54.1 Å². The largest absolute Gasteiger partial charge is 0.491 e. The lowest BCUT2D eigenvalue weighted by Gasteiger charge is -2.21. The molecule has 0 spiro atoms. The third kappa shape index (κ3) is 6.70. The van der Waals surface area contributed by atoms with E-state index in [1.807, 2.05) is 88.4 Å². The highest BCUT2D eigenvalue weighted by atomic mass is 32.2. The minimum absolute atomic E-state index is 0.0836. The summed E-state index contributed by atoms with van der Waals surface area (Å²) in [5.41, 5.74) is 4.55. The van der Waals surface area contributed by atoms with Crippen molar-refractivity contribution in [1.82, 2.24) is 9.55 Å². The fraction of sp³-hybridized carbons (Fsp3) is 0.212. The van der Waals surface area contributed by atoms with Crippen LogP contribution in [0.15, 0.2) is 102 Å². The SMILES string of the molecule is Cc1ccc(S(=O)(=O)OCCOc2ccc(-c3ccc(-c4cc5ccncc5n4C(=O)OC(C)(C)C)cc3)cc2)cc1. The molecular weight excluding hydrogens is 552 g/mol. The molecule has 0 fully saturated rings. The second-order valence-corrected chi connectivity index (χ2v) is 12.4. The monoisotopic (exact) mass is 584 g/mol. The Labute approximate surface area is 245 Å². The Hall–Kier alpha value is -4.47. The van der Waals surface area contributed by atoms with Gasteiger partial charge in [0.2, 0.25) is 0 Å². The maximum atomic E-state index is 13.1. The van der Waals surface area contributed by atoms with Gasteiger partial charge in [0.25, 0.3) is 10.1 Å². The van der Waals surface area contributed by atoms with Gasteiger partial charge in [-0.25, -0.2) is 9.36 Å². The van der Waals surface area contributed by atoms with Crippen LogP contribution in [-0.4, -0.2) is 42.9 Å². The summed E-state index contributed by atoms with van der Waals surface area (Å²) in [7, 11) is -3.83. The van der Waals surface area contributed by atoms with E-state index in [2.05, 4.69) is 4.98 Å². The second-order valence-electron chi connectivity index (χ2n) is 10.8. The van der Waals surface area contributed by atoms with Gasteiger partial charge in [-0.2, -0.15) is 8.42 Å². The Bertz CT molecular complexity index is 1800. The Kier molecular flexibility index (Phi) is 8.15. The summed E-state index contributed by atoms with van der Waals surface area (Å²) in [4.78, 5) is 17.4. The molecular formula is C33H32N2O6S. The summed E-state index contributed by atoms with van der Waals surface area (Å²) in [5, 5.41) is 0.892. The summed E-state index contributed by atoms with van der Waals surface area (Å²) in [5.74, 6) is 0.599. The number of pyridine rings is 1. The van der Waals surface area contributed by atoms with Crippen LogP contribution in [0.2, 0.25) is 0 Å². The zero-order valence-electron chi connectivity index (χ0n) is 23.9. The molecule has 0 unspecified atom stereocenters. The normalized spacial score (nSPS) is 11.9. The molecule has 0 bridgehead atoms. The average Bonchev–Trinajstić information content (AvgIpc) is 3.35. The van der Waals surface area contributed by atoms with Crippen molar-refractivity contribution < 1.29 is 26.9 Å². The van der Waals surface area contributed by atoms with Crippen molar-refractivity contribution in [1.29, 1.82) is 0 Å². The summed E-state index contributed by atoms with van der Waals surface area (Å²) in [6, 6.07) is 25.7. The van der Waals surface area contributed by atoms with Gasteiger partial charge < -0.3 is 9.47 Å². The van der Waals surface area contributed by atoms with Crippen molar-refractivity contribution >= 4 is 27.1 Å². The van der Waals surface area contributed by atoms with Crippen LogP contribution in [-0.2, 0) is 19.0 Å². The van der Waals surface area contributed by atoms with Crippen LogP contribution >= 0.6 is 0 Å². The van der Waals surface area contributed by atoms with Crippen molar-refractivity contribution in [2.24, 2.45) is 0 Å². The molecule has 8 nitrogen and oxygen atoms in total. The predicted octanol–water partition coefficient (Wildman–Crippen LogP) is 7.25. The average molecular weight is 585 g/mol. The summed E-state index contributed by atoms with van der Waals surface area (Å²) in [6.45, 7) is 7.38. The molecule has 0 atom stereocenters. The van der Waals surface area contributed by atoms with Crippen molar-refractivity contribution in [3.63, 3.8) is 0 Å². The molecule has 0 saturated carbocycles. The van der Waals surface area contributed by atoms with Gasteiger partial charge in [0, 0.05) is 11.6 Å². The van der Waals surface area contributed by atoms with Crippen molar-refractivity contribution in [2.75, 3.05) is 13.2 Å². The maximum Gasteiger partial charge on any atom is 0.419 e. The number of aryl methyl sites for hydroxylation is 1. The van der Waals surface area contributed by atoms with Gasteiger partial charge >= 0.3 is 6.09 Å². The molecule has 2 aromatic heterocycles. The van der Waals surface area contributed by atoms with Crippen LogP contribution in [0.25, 0.3) is 33.3 Å². The van der Waals surface area contributed by atoms with Crippen molar-refractivity contribution in [3.8, 4) is 28.1 Å². The van der Waals surface area contributed by atoms with Crippen LogP contribution in [0.4, 0.5) is 4.79 Å². The minimum Gasteiger partial charge on any atom is -0.491 e. The second kappa shape index (κ2) is 11.8. The third-order valence-electron chi connectivity index (χ3n) is 6.45.